The lowest BCUT2D eigenvalue weighted by Crippen LogP contribution is -2.51. The van der Waals surface area contributed by atoms with E-state index in [-0.39, 0.29) is 31.0 Å². The second-order valence-electron chi connectivity index (χ2n) is 7.45. The quantitative estimate of drug-likeness (QED) is 0.485. The summed E-state index contributed by atoms with van der Waals surface area (Å²) >= 11 is 12.2. The molecule has 0 fully saturated rings. The van der Waals surface area contributed by atoms with Crippen molar-refractivity contribution >= 4 is 35.0 Å². The fourth-order valence-corrected chi connectivity index (χ4v) is 3.48. The highest BCUT2D eigenvalue weighted by molar-refractivity contribution is 6.42. The summed E-state index contributed by atoms with van der Waals surface area (Å²) in [5, 5.41) is 3.79. The second-order valence-corrected chi connectivity index (χ2v) is 8.27. The molecule has 32 heavy (non-hydrogen) atoms. The Bertz CT molecular complexity index is 923. The van der Waals surface area contributed by atoms with Gasteiger partial charge in [0.25, 0.3) is 5.91 Å². The number of methoxy groups -OCH3 is 1. The zero-order valence-corrected chi connectivity index (χ0v) is 20.4. The number of amides is 2. The Balaban J connectivity index is 2.27. The highest BCUT2D eigenvalue weighted by atomic mass is 35.5. The Morgan fingerprint density at radius 3 is 2.31 bits per heavy atom. The van der Waals surface area contributed by atoms with Gasteiger partial charge in [-0.25, -0.2) is 0 Å². The van der Waals surface area contributed by atoms with Crippen molar-refractivity contribution in [3.63, 3.8) is 0 Å². The standard InChI is InChI=1S/C24H30Cl2N2O4/c1-5-16(3)27-24(30)20(6-2)28(14-17-11-12-18(25)19(26)13-17)23(29)15-32-22-10-8-7-9-21(22)31-4/h7-13,16,20H,5-6,14-15H2,1-4H3,(H,27,30)/t16-,20+/m0/s1. The van der Waals surface area contributed by atoms with Gasteiger partial charge in [0.1, 0.15) is 6.04 Å². The van der Waals surface area contributed by atoms with Gasteiger partial charge in [-0.3, -0.25) is 9.59 Å². The van der Waals surface area contributed by atoms with Crippen molar-refractivity contribution in [2.45, 2.75) is 52.2 Å². The van der Waals surface area contributed by atoms with E-state index >= 15 is 0 Å². The number of halogens is 2. The molecule has 2 aromatic carbocycles. The molecule has 0 aliphatic carbocycles. The zero-order valence-electron chi connectivity index (χ0n) is 18.9. The number of ether oxygens (including phenoxy) is 2. The monoisotopic (exact) mass is 480 g/mol. The molecule has 0 saturated carbocycles. The maximum Gasteiger partial charge on any atom is 0.261 e. The maximum absolute atomic E-state index is 13.3. The second kappa shape index (κ2) is 12.6. The van der Waals surface area contributed by atoms with Gasteiger partial charge in [0, 0.05) is 12.6 Å². The molecule has 2 atom stereocenters. The lowest BCUT2D eigenvalue weighted by atomic mass is 10.1. The molecule has 6 nitrogen and oxygen atoms in total. The Kier molecular flexibility index (Phi) is 10.1. The van der Waals surface area contributed by atoms with Gasteiger partial charge in [-0.1, -0.05) is 55.2 Å². The summed E-state index contributed by atoms with van der Waals surface area (Å²) in [7, 11) is 1.53. The van der Waals surface area contributed by atoms with Gasteiger partial charge in [-0.2, -0.15) is 0 Å². The molecule has 0 aromatic heterocycles. The first-order valence-corrected chi connectivity index (χ1v) is 11.4. The number of nitrogens with one attached hydrogen (secondary N) is 1. The van der Waals surface area contributed by atoms with Gasteiger partial charge >= 0.3 is 0 Å². The Hall–Kier alpha value is -2.44. The lowest BCUT2D eigenvalue weighted by Gasteiger charge is -2.31. The summed E-state index contributed by atoms with van der Waals surface area (Å²) in [4.78, 5) is 27.7. The van der Waals surface area contributed by atoms with Crippen LogP contribution in [0.4, 0.5) is 0 Å². The number of para-hydroxylation sites is 2. The average molecular weight is 481 g/mol. The molecule has 0 saturated heterocycles. The summed E-state index contributed by atoms with van der Waals surface area (Å²) in [5.74, 6) is 0.452. The molecule has 2 aromatic rings. The molecule has 2 rings (SSSR count). The van der Waals surface area contributed by atoms with Gasteiger partial charge in [-0.15, -0.1) is 0 Å². The minimum atomic E-state index is -0.660. The van der Waals surface area contributed by atoms with Crippen LogP contribution in [-0.4, -0.2) is 42.5 Å². The van der Waals surface area contributed by atoms with Crippen molar-refractivity contribution in [2.24, 2.45) is 0 Å². The summed E-state index contributed by atoms with van der Waals surface area (Å²) < 4.78 is 11.0. The number of benzene rings is 2. The van der Waals surface area contributed by atoms with Crippen molar-refractivity contribution < 1.29 is 19.1 Å². The maximum atomic E-state index is 13.3. The van der Waals surface area contributed by atoms with Gasteiger partial charge in [-0.05, 0) is 49.6 Å². The third-order valence-corrected chi connectivity index (χ3v) is 5.88. The fraction of sp³-hybridized carbons (Fsp3) is 0.417. The van der Waals surface area contributed by atoms with Crippen LogP contribution in [0.25, 0.3) is 0 Å². The summed E-state index contributed by atoms with van der Waals surface area (Å²) in [6.07, 6.45) is 1.24. The van der Waals surface area contributed by atoms with E-state index in [0.29, 0.717) is 28.0 Å². The van der Waals surface area contributed by atoms with Crippen molar-refractivity contribution in [3.8, 4) is 11.5 Å². The van der Waals surface area contributed by atoms with Gasteiger partial charge in [0.15, 0.2) is 18.1 Å². The van der Waals surface area contributed by atoms with E-state index in [1.54, 1.807) is 36.4 Å². The largest absolute Gasteiger partial charge is 0.493 e. The molecule has 0 unspecified atom stereocenters. The van der Waals surface area contributed by atoms with E-state index in [4.69, 9.17) is 32.7 Å². The topological polar surface area (TPSA) is 67.9 Å². The molecule has 8 heteroatoms. The molecule has 0 radical (unpaired) electrons. The molecule has 2 amide bonds. The summed E-state index contributed by atoms with van der Waals surface area (Å²) in [6, 6.07) is 11.6. The van der Waals surface area contributed by atoms with Crippen LogP contribution in [0.1, 0.15) is 39.2 Å². The van der Waals surface area contributed by atoms with Crippen LogP contribution >= 0.6 is 23.2 Å². The van der Waals surface area contributed by atoms with E-state index in [9.17, 15) is 9.59 Å². The summed E-state index contributed by atoms with van der Waals surface area (Å²) in [6.45, 7) is 5.75. The molecule has 0 aliphatic heterocycles. The predicted molar refractivity (Wildman–Crippen MR) is 127 cm³/mol. The normalized spacial score (nSPS) is 12.6. The van der Waals surface area contributed by atoms with Gasteiger partial charge < -0.3 is 19.7 Å². The number of carbonyl (C=O) groups is 2. The van der Waals surface area contributed by atoms with Crippen LogP contribution in [0.2, 0.25) is 10.0 Å². The Labute approximate surface area is 199 Å². The van der Waals surface area contributed by atoms with E-state index in [1.807, 2.05) is 26.8 Å². The molecule has 174 valence electrons. The summed E-state index contributed by atoms with van der Waals surface area (Å²) in [5.41, 5.74) is 0.764. The van der Waals surface area contributed by atoms with E-state index in [2.05, 4.69) is 5.32 Å². The number of hydrogen-bond acceptors (Lipinski definition) is 4. The van der Waals surface area contributed by atoms with Crippen LogP contribution < -0.4 is 14.8 Å². The minimum Gasteiger partial charge on any atom is -0.493 e. The SMILES string of the molecule is CC[C@H](C(=O)N[C@@H](C)CC)N(Cc1ccc(Cl)c(Cl)c1)C(=O)COc1ccccc1OC. The number of nitrogens with zero attached hydrogens (tertiary/aromatic N) is 1. The predicted octanol–water partition coefficient (Wildman–Crippen LogP) is 5.10. The number of rotatable bonds is 11. The van der Waals surface area contributed by atoms with Gasteiger partial charge in [0.2, 0.25) is 5.91 Å². The highest BCUT2D eigenvalue weighted by Gasteiger charge is 2.29. The van der Waals surface area contributed by atoms with E-state index in [0.717, 1.165) is 12.0 Å². The number of hydrogen-bond donors (Lipinski definition) is 1. The molecule has 0 heterocycles. The number of carbonyl (C=O) groups excluding carboxylic acids is 2. The average Bonchev–Trinajstić information content (AvgIpc) is 2.79. The van der Waals surface area contributed by atoms with Crippen LogP contribution in [-0.2, 0) is 16.1 Å². The molecule has 0 aliphatic rings. The van der Waals surface area contributed by atoms with Crippen LogP contribution in [0.3, 0.4) is 0 Å². The molecular weight excluding hydrogens is 451 g/mol. The first-order valence-electron chi connectivity index (χ1n) is 10.6. The van der Waals surface area contributed by atoms with Gasteiger partial charge in [0.05, 0.1) is 17.2 Å². The molecule has 0 spiro atoms. The Morgan fingerprint density at radius 2 is 1.72 bits per heavy atom. The van der Waals surface area contributed by atoms with Crippen molar-refractivity contribution in [2.75, 3.05) is 13.7 Å². The third-order valence-electron chi connectivity index (χ3n) is 5.14. The lowest BCUT2D eigenvalue weighted by molar-refractivity contribution is -0.143. The Morgan fingerprint density at radius 1 is 1.03 bits per heavy atom. The minimum absolute atomic E-state index is 0.00306. The first-order chi connectivity index (χ1) is 15.3. The van der Waals surface area contributed by atoms with Crippen LogP contribution in [0, 0.1) is 0 Å². The van der Waals surface area contributed by atoms with Crippen LogP contribution in [0.15, 0.2) is 42.5 Å². The molecular formula is C24H30Cl2N2O4. The highest BCUT2D eigenvalue weighted by Crippen LogP contribution is 2.27. The molecule has 0 bridgehead atoms. The first kappa shape index (κ1) is 25.8. The smallest absolute Gasteiger partial charge is 0.261 e. The van der Waals surface area contributed by atoms with Crippen LogP contribution in [0.5, 0.6) is 11.5 Å². The fourth-order valence-electron chi connectivity index (χ4n) is 3.16. The van der Waals surface area contributed by atoms with Crippen molar-refractivity contribution in [1.82, 2.24) is 10.2 Å². The third kappa shape index (κ3) is 7.04. The van der Waals surface area contributed by atoms with Crippen molar-refractivity contribution in [1.29, 1.82) is 0 Å². The van der Waals surface area contributed by atoms with Crippen molar-refractivity contribution in [3.05, 3.63) is 58.1 Å². The zero-order chi connectivity index (χ0) is 23.7. The van der Waals surface area contributed by atoms with E-state index in [1.165, 1.54) is 12.0 Å². The molecule has 1 N–H and O–H groups in total. The van der Waals surface area contributed by atoms with E-state index < -0.39 is 6.04 Å².